The summed E-state index contributed by atoms with van der Waals surface area (Å²) in [6, 6.07) is 4.16. The highest BCUT2D eigenvalue weighted by Gasteiger charge is 2.02. The predicted molar refractivity (Wildman–Crippen MR) is 54.9 cm³/mol. The Balaban J connectivity index is 2.25. The third kappa shape index (κ3) is 1.83. The molecule has 2 rings (SSSR count). The lowest BCUT2D eigenvalue weighted by Crippen LogP contribution is -1.94. The van der Waals surface area contributed by atoms with E-state index in [0.717, 1.165) is 18.7 Å². The van der Waals surface area contributed by atoms with Gasteiger partial charge in [-0.15, -0.1) is 0 Å². The molecule has 1 aliphatic rings. The smallest absolute Gasteiger partial charge is 0.0572 e. The van der Waals surface area contributed by atoms with Crippen molar-refractivity contribution >= 4 is 11.8 Å². The fourth-order valence-corrected chi connectivity index (χ4v) is 1.38. The number of aryl methyl sites for hydroxylation is 1. The molecule has 0 saturated carbocycles. The molecule has 0 amide bonds. The second kappa shape index (κ2) is 3.52. The molecule has 2 nitrogen and oxygen atoms in total. The van der Waals surface area contributed by atoms with Crippen LogP contribution in [0.15, 0.2) is 29.4 Å². The standard InChI is InChI=1S/C11H12N2/c1-9-2-3-11(8-13-9)10-4-6-12-7-5-10/h2-4,7-8H,5-6H2,1H3. The molecule has 0 radical (unpaired) electrons. The van der Waals surface area contributed by atoms with Crippen LogP contribution >= 0.6 is 0 Å². The topological polar surface area (TPSA) is 25.2 Å². The SMILES string of the molecule is Cc1ccc(C2=CCN=CC2)cn1. The van der Waals surface area contributed by atoms with Crippen molar-refractivity contribution in [1.82, 2.24) is 4.98 Å². The molecule has 13 heavy (non-hydrogen) atoms. The largest absolute Gasteiger partial charge is 0.293 e. The molecule has 0 atom stereocenters. The molecular weight excluding hydrogens is 160 g/mol. The van der Waals surface area contributed by atoms with E-state index in [1.54, 1.807) is 0 Å². The average molecular weight is 172 g/mol. The van der Waals surface area contributed by atoms with Crippen LogP contribution in [0.1, 0.15) is 17.7 Å². The van der Waals surface area contributed by atoms with Crippen LogP contribution in [0.3, 0.4) is 0 Å². The van der Waals surface area contributed by atoms with Gasteiger partial charge in [-0.2, -0.15) is 0 Å². The fraction of sp³-hybridized carbons (Fsp3) is 0.273. The monoisotopic (exact) mass is 172 g/mol. The van der Waals surface area contributed by atoms with Crippen molar-refractivity contribution in [2.45, 2.75) is 13.3 Å². The van der Waals surface area contributed by atoms with E-state index >= 15 is 0 Å². The van der Waals surface area contributed by atoms with E-state index in [4.69, 9.17) is 0 Å². The average Bonchev–Trinajstić information content (AvgIpc) is 2.20. The zero-order chi connectivity index (χ0) is 9.10. The van der Waals surface area contributed by atoms with E-state index in [9.17, 15) is 0 Å². The first-order valence-corrected chi connectivity index (χ1v) is 4.46. The third-order valence-electron chi connectivity index (χ3n) is 2.17. The van der Waals surface area contributed by atoms with Crippen LogP contribution in [-0.2, 0) is 0 Å². The number of pyridine rings is 1. The van der Waals surface area contributed by atoms with E-state index in [0.29, 0.717) is 0 Å². The van der Waals surface area contributed by atoms with Gasteiger partial charge in [-0.25, -0.2) is 0 Å². The maximum absolute atomic E-state index is 4.27. The number of nitrogens with zero attached hydrogens (tertiary/aromatic N) is 2. The highest BCUT2D eigenvalue weighted by molar-refractivity contribution is 5.81. The second-order valence-corrected chi connectivity index (χ2v) is 3.17. The summed E-state index contributed by atoms with van der Waals surface area (Å²) >= 11 is 0. The second-order valence-electron chi connectivity index (χ2n) is 3.17. The van der Waals surface area contributed by atoms with Gasteiger partial charge in [0.15, 0.2) is 0 Å². The molecule has 0 unspecified atom stereocenters. The van der Waals surface area contributed by atoms with Gasteiger partial charge in [-0.3, -0.25) is 9.98 Å². The molecule has 0 aromatic carbocycles. The third-order valence-corrected chi connectivity index (χ3v) is 2.17. The number of allylic oxidation sites excluding steroid dienone is 1. The molecular formula is C11H12N2. The van der Waals surface area contributed by atoms with Crippen molar-refractivity contribution in [3.8, 4) is 0 Å². The summed E-state index contributed by atoms with van der Waals surface area (Å²) in [4.78, 5) is 8.42. The maximum Gasteiger partial charge on any atom is 0.0572 e. The number of hydrogen-bond donors (Lipinski definition) is 0. The summed E-state index contributed by atoms with van der Waals surface area (Å²) in [6.07, 6.45) is 6.99. The van der Waals surface area contributed by atoms with Crippen LogP contribution in [0.2, 0.25) is 0 Å². The van der Waals surface area contributed by atoms with Gasteiger partial charge >= 0.3 is 0 Å². The number of aromatic nitrogens is 1. The van der Waals surface area contributed by atoms with Crippen LogP contribution in [0.4, 0.5) is 0 Å². The van der Waals surface area contributed by atoms with E-state index in [1.165, 1.54) is 11.1 Å². The van der Waals surface area contributed by atoms with E-state index in [-0.39, 0.29) is 0 Å². The minimum atomic E-state index is 0.809. The van der Waals surface area contributed by atoms with Crippen molar-refractivity contribution < 1.29 is 0 Å². The first-order chi connectivity index (χ1) is 6.36. The first kappa shape index (κ1) is 8.17. The molecule has 1 aromatic heterocycles. The molecule has 0 saturated heterocycles. The van der Waals surface area contributed by atoms with Gasteiger partial charge in [0.05, 0.1) is 6.54 Å². The molecule has 1 aromatic rings. The number of hydrogen-bond acceptors (Lipinski definition) is 2. The van der Waals surface area contributed by atoms with Crippen LogP contribution in [0.5, 0.6) is 0 Å². The Morgan fingerprint density at radius 1 is 1.31 bits per heavy atom. The molecule has 0 bridgehead atoms. The molecule has 66 valence electrons. The van der Waals surface area contributed by atoms with Crippen molar-refractivity contribution in [3.63, 3.8) is 0 Å². The van der Waals surface area contributed by atoms with Crippen molar-refractivity contribution in [1.29, 1.82) is 0 Å². The van der Waals surface area contributed by atoms with Crippen molar-refractivity contribution in [3.05, 3.63) is 35.7 Å². The number of aliphatic imine (C=N–C) groups is 1. The molecule has 1 aliphatic heterocycles. The number of dihydropyridines is 1. The van der Waals surface area contributed by atoms with Gasteiger partial charge in [0.1, 0.15) is 0 Å². The molecule has 2 heteroatoms. The van der Waals surface area contributed by atoms with E-state index < -0.39 is 0 Å². The first-order valence-electron chi connectivity index (χ1n) is 4.46. The predicted octanol–water partition coefficient (Wildman–Crippen LogP) is 2.25. The van der Waals surface area contributed by atoms with Crippen LogP contribution in [0, 0.1) is 6.92 Å². The zero-order valence-electron chi connectivity index (χ0n) is 7.70. The molecule has 2 heterocycles. The Hall–Kier alpha value is -1.44. The Kier molecular flexibility index (Phi) is 2.21. The van der Waals surface area contributed by atoms with Gasteiger partial charge in [0, 0.05) is 24.5 Å². The molecule has 0 N–H and O–H groups in total. The summed E-state index contributed by atoms with van der Waals surface area (Å²) in [5.74, 6) is 0. The van der Waals surface area contributed by atoms with Crippen LogP contribution in [0.25, 0.3) is 5.57 Å². The highest BCUT2D eigenvalue weighted by atomic mass is 14.7. The summed E-state index contributed by atoms with van der Waals surface area (Å²) in [5.41, 5.74) is 3.62. The Morgan fingerprint density at radius 3 is 2.85 bits per heavy atom. The maximum atomic E-state index is 4.27. The van der Waals surface area contributed by atoms with Crippen molar-refractivity contribution in [2.24, 2.45) is 4.99 Å². The minimum absolute atomic E-state index is 0.809. The van der Waals surface area contributed by atoms with Gasteiger partial charge in [0.2, 0.25) is 0 Å². The Bertz CT molecular complexity index is 347. The summed E-state index contributed by atoms with van der Waals surface area (Å²) in [7, 11) is 0. The molecule has 0 spiro atoms. The van der Waals surface area contributed by atoms with E-state index in [2.05, 4.69) is 22.1 Å². The van der Waals surface area contributed by atoms with Gasteiger partial charge in [-0.05, 0) is 24.1 Å². The van der Waals surface area contributed by atoms with Crippen molar-refractivity contribution in [2.75, 3.05) is 6.54 Å². The number of rotatable bonds is 1. The molecule has 0 fully saturated rings. The summed E-state index contributed by atoms with van der Waals surface area (Å²) in [6.45, 7) is 2.81. The lowest BCUT2D eigenvalue weighted by atomic mass is 10.0. The Morgan fingerprint density at radius 2 is 2.23 bits per heavy atom. The lowest BCUT2D eigenvalue weighted by Gasteiger charge is -2.07. The molecule has 0 aliphatic carbocycles. The summed E-state index contributed by atoms with van der Waals surface area (Å²) in [5, 5.41) is 0. The van der Waals surface area contributed by atoms with Gasteiger partial charge in [-0.1, -0.05) is 12.1 Å². The normalized spacial score (nSPS) is 15.6. The zero-order valence-corrected chi connectivity index (χ0v) is 7.70. The van der Waals surface area contributed by atoms with Crippen LogP contribution < -0.4 is 0 Å². The fourth-order valence-electron chi connectivity index (χ4n) is 1.38. The quantitative estimate of drug-likeness (QED) is 0.637. The van der Waals surface area contributed by atoms with Crippen LogP contribution in [-0.4, -0.2) is 17.7 Å². The van der Waals surface area contributed by atoms with Gasteiger partial charge in [0.25, 0.3) is 0 Å². The van der Waals surface area contributed by atoms with Gasteiger partial charge < -0.3 is 0 Å². The minimum Gasteiger partial charge on any atom is -0.293 e. The Labute approximate surface area is 78.0 Å². The highest BCUT2D eigenvalue weighted by Crippen LogP contribution is 2.18. The lowest BCUT2D eigenvalue weighted by molar-refractivity contribution is 1.16. The van der Waals surface area contributed by atoms with E-state index in [1.807, 2.05) is 25.4 Å². The summed E-state index contributed by atoms with van der Waals surface area (Å²) < 4.78 is 0.